The predicted octanol–water partition coefficient (Wildman–Crippen LogP) is 0.852. The number of aliphatic hydroxyl groups excluding tert-OH is 1. The van der Waals surface area contributed by atoms with Crippen molar-refractivity contribution in [1.82, 2.24) is 15.1 Å². The van der Waals surface area contributed by atoms with Crippen LogP contribution in [0, 0.1) is 6.92 Å². The Kier molecular flexibility index (Phi) is 3.92. The van der Waals surface area contributed by atoms with Gasteiger partial charge in [0.15, 0.2) is 0 Å². The van der Waals surface area contributed by atoms with E-state index in [-0.39, 0.29) is 12.6 Å². The van der Waals surface area contributed by atoms with Gasteiger partial charge in [-0.2, -0.15) is 5.10 Å². The van der Waals surface area contributed by atoms with Crippen LogP contribution < -0.4 is 5.32 Å². The maximum absolute atomic E-state index is 8.84. The second-order valence-electron chi connectivity index (χ2n) is 3.44. The van der Waals surface area contributed by atoms with Gasteiger partial charge in [0.25, 0.3) is 0 Å². The monoisotopic (exact) mass is 217 g/mol. The van der Waals surface area contributed by atoms with E-state index in [1.165, 1.54) is 0 Å². The maximum Gasteiger partial charge on any atom is 0.131 e. The fourth-order valence-electron chi connectivity index (χ4n) is 1.22. The molecule has 1 rings (SSSR count). The number of halogens is 1. The van der Waals surface area contributed by atoms with E-state index in [4.69, 9.17) is 16.7 Å². The van der Waals surface area contributed by atoms with Gasteiger partial charge in [-0.25, -0.2) is 0 Å². The molecule has 0 unspecified atom stereocenters. The van der Waals surface area contributed by atoms with E-state index in [0.29, 0.717) is 11.7 Å². The van der Waals surface area contributed by atoms with Crippen LogP contribution in [0.15, 0.2) is 0 Å². The molecule has 14 heavy (non-hydrogen) atoms. The van der Waals surface area contributed by atoms with Gasteiger partial charge in [0, 0.05) is 25.2 Å². The Morgan fingerprint density at radius 3 is 2.71 bits per heavy atom. The number of nitrogens with one attached hydrogen (secondary N) is 1. The van der Waals surface area contributed by atoms with Crippen LogP contribution in [0.5, 0.6) is 0 Å². The molecule has 1 aromatic rings. The number of nitrogens with zero attached hydrogens (tertiary/aromatic N) is 2. The molecule has 0 radical (unpaired) electrons. The van der Waals surface area contributed by atoms with E-state index in [0.717, 1.165) is 11.3 Å². The van der Waals surface area contributed by atoms with Gasteiger partial charge < -0.3 is 10.4 Å². The summed E-state index contributed by atoms with van der Waals surface area (Å²) in [6.07, 6.45) is 0. The summed E-state index contributed by atoms with van der Waals surface area (Å²) in [5, 5.41) is 16.8. The highest BCUT2D eigenvalue weighted by Gasteiger charge is 2.11. The zero-order valence-electron chi connectivity index (χ0n) is 8.71. The molecule has 0 aliphatic heterocycles. The van der Waals surface area contributed by atoms with Gasteiger partial charge in [-0.1, -0.05) is 11.6 Å². The summed E-state index contributed by atoms with van der Waals surface area (Å²) < 4.78 is 1.65. The molecule has 1 heterocycles. The summed E-state index contributed by atoms with van der Waals surface area (Å²) in [7, 11) is 1.81. The fraction of sp³-hybridized carbons (Fsp3) is 0.667. The van der Waals surface area contributed by atoms with E-state index in [1.54, 1.807) is 4.68 Å². The first-order valence-electron chi connectivity index (χ1n) is 4.58. The molecular weight excluding hydrogens is 202 g/mol. The molecule has 0 saturated carbocycles. The quantitative estimate of drug-likeness (QED) is 0.787. The normalized spacial score (nSPS) is 13.2. The summed E-state index contributed by atoms with van der Waals surface area (Å²) >= 11 is 6.04. The molecule has 1 atom stereocenters. The average molecular weight is 218 g/mol. The minimum atomic E-state index is 0.0747. The molecule has 0 spiro atoms. The second-order valence-corrected chi connectivity index (χ2v) is 3.80. The van der Waals surface area contributed by atoms with Gasteiger partial charge in [0.1, 0.15) is 5.15 Å². The number of hydrogen-bond acceptors (Lipinski definition) is 3. The number of aromatic nitrogens is 2. The molecule has 0 amide bonds. The molecule has 0 aliphatic carbocycles. The highest BCUT2D eigenvalue weighted by molar-refractivity contribution is 6.30. The summed E-state index contributed by atoms with van der Waals surface area (Å²) in [5.74, 6) is 0. The van der Waals surface area contributed by atoms with Crippen LogP contribution in [0.3, 0.4) is 0 Å². The number of aliphatic hydroxyl groups is 1. The van der Waals surface area contributed by atoms with Crippen LogP contribution in [0.1, 0.15) is 18.2 Å². The molecule has 0 aromatic carbocycles. The lowest BCUT2D eigenvalue weighted by atomic mass is 10.2. The van der Waals surface area contributed by atoms with Gasteiger partial charge in [0.05, 0.1) is 12.3 Å². The van der Waals surface area contributed by atoms with E-state index in [2.05, 4.69) is 10.4 Å². The topological polar surface area (TPSA) is 50.1 Å². The van der Waals surface area contributed by atoms with Crippen molar-refractivity contribution in [3.8, 4) is 0 Å². The van der Waals surface area contributed by atoms with Crippen LogP contribution in [0.25, 0.3) is 0 Å². The number of aryl methyl sites for hydroxylation is 2. The Hall–Kier alpha value is -0.580. The molecule has 0 saturated heterocycles. The Morgan fingerprint density at radius 2 is 2.29 bits per heavy atom. The minimum absolute atomic E-state index is 0.0747. The van der Waals surface area contributed by atoms with Crippen LogP contribution in [0.4, 0.5) is 0 Å². The van der Waals surface area contributed by atoms with E-state index < -0.39 is 0 Å². The molecular formula is C9H16ClN3O. The van der Waals surface area contributed by atoms with Crippen molar-refractivity contribution in [1.29, 1.82) is 0 Å². The van der Waals surface area contributed by atoms with Crippen LogP contribution >= 0.6 is 11.6 Å². The summed E-state index contributed by atoms with van der Waals surface area (Å²) in [4.78, 5) is 0. The summed E-state index contributed by atoms with van der Waals surface area (Å²) in [6, 6.07) is 0.0747. The SMILES string of the molecule is Cc1nn(C)c(Cl)c1CN[C@@H](C)CO. The van der Waals surface area contributed by atoms with Gasteiger partial charge in [-0.05, 0) is 13.8 Å². The molecule has 80 valence electrons. The Morgan fingerprint density at radius 1 is 1.64 bits per heavy atom. The lowest BCUT2D eigenvalue weighted by Gasteiger charge is -2.09. The summed E-state index contributed by atoms with van der Waals surface area (Å²) in [6.45, 7) is 4.60. The Bertz CT molecular complexity index is 311. The van der Waals surface area contributed by atoms with Crippen LogP contribution in [0.2, 0.25) is 5.15 Å². The highest BCUT2D eigenvalue weighted by Crippen LogP contribution is 2.18. The fourth-order valence-corrected chi connectivity index (χ4v) is 1.46. The number of rotatable bonds is 4. The largest absolute Gasteiger partial charge is 0.395 e. The highest BCUT2D eigenvalue weighted by atomic mass is 35.5. The lowest BCUT2D eigenvalue weighted by Crippen LogP contribution is -2.28. The van der Waals surface area contributed by atoms with Gasteiger partial charge in [0.2, 0.25) is 0 Å². The molecule has 1 aromatic heterocycles. The molecule has 0 bridgehead atoms. The molecule has 0 aliphatic rings. The third-order valence-electron chi connectivity index (χ3n) is 2.17. The van der Waals surface area contributed by atoms with Crippen molar-refractivity contribution in [3.63, 3.8) is 0 Å². The molecule has 0 fully saturated rings. The van der Waals surface area contributed by atoms with E-state index in [1.807, 2.05) is 20.9 Å². The van der Waals surface area contributed by atoms with Gasteiger partial charge in [-0.15, -0.1) is 0 Å². The van der Waals surface area contributed by atoms with Gasteiger partial charge in [-0.3, -0.25) is 4.68 Å². The first-order valence-corrected chi connectivity index (χ1v) is 4.96. The number of hydrogen-bond donors (Lipinski definition) is 2. The predicted molar refractivity (Wildman–Crippen MR) is 56.3 cm³/mol. The zero-order valence-corrected chi connectivity index (χ0v) is 9.47. The van der Waals surface area contributed by atoms with Crippen molar-refractivity contribution in [2.75, 3.05) is 6.61 Å². The lowest BCUT2D eigenvalue weighted by molar-refractivity contribution is 0.251. The van der Waals surface area contributed by atoms with E-state index in [9.17, 15) is 0 Å². The van der Waals surface area contributed by atoms with E-state index >= 15 is 0 Å². The Labute approximate surface area is 88.9 Å². The average Bonchev–Trinajstić information content (AvgIpc) is 2.39. The molecule has 5 heteroatoms. The smallest absolute Gasteiger partial charge is 0.131 e. The Balaban J connectivity index is 2.67. The molecule has 4 nitrogen and oxygen atoms in total. The standard InChI is InChI=1S/C9H16ClN3O/c1-6(5-14)11-4-8-7(2)12-13(3)9(8)10/h6,11,14H,4-5H2,1-3H3/t6-/m0/s1. The van der Waals surface area contributed by atoms with Crippen molar-refractivity contribution < 1.29 is 5.11 Å². The third-order valence-corrected chi connectivity index (χ3v) is 2.64. The second kappa shape index (κ2) is 4.77. The van der Waals surface area contributed by atoms with Crippen molar-refractivity contribution in [3.05, 3.63) is 16.4 Å². The minimum Gasteiger partial charge on any atom is -0.395 e. The maximum atomic E-state index is 8.84. The summed E-state index contributed by atoms with van der Waals surface area (Å²) in [5.41, 5.74) is 1.92. The van der Waals surface area contributed by atoms with Gasteiger partial charge >= 0.3 is 0 Å². The van der Waals surface area contributed by atoms with Crippen molar-refractivity contribution in [2.24, 2.45) is 7.05 Å². The first-order chi connectivity index (χ1) is 6.56. The van der Waals surface area contributed by atoms with Crippen molar-refractivity contribution >= 4 is 11.6 Å². The van der Waals surface area contributed by atoms with Crippen molar-refractivity contribution in [2.45, 2.75) is 26.4 Å². The van der Waals surface area contributed by atoms with Crippen LogP contribution in [-0.4, -0.2) is 27.5 Å². The van der Waals surface area contributed by atoms with Crippen LogP contribution in [-0.2, 0) is 13.6 Å². The third kappa shape index (κ3) is 2.47. The zero-order chi connectivity index (χ0) is 10.7. The molecule has 2 N–H and O–H groups in total. The first kappa shape index (κ1) is 11.5.